The Kier molecular flexibility index (Phi) is 3.48. The molecule has 2 N–H and O–H groups in total. The molecule has 102 valence electrons. The van der Waals surface area contributed by atoms with E-state index in [4.69, 9.17) is 5.73 Å². The molecular weight excluding hydrogens is 260 g/mol. The van der Waals surface area contributed by atoms with Crippen LogP contribution < -0.4 is 5.73 Å². The van der Waals surface area contributed by atoms with Crippen molar-refractivity contribution in [2.75, 3.05) is 5.73 Å². The van der Waals surface area contributed by atoms with Crippen LogP contribution in [0.4, 0.5) is 5.69 Å². The summed E-state index contributed by atoms with van der Waals surface area (Å²) in [6.45, 7) is 0. The van der Waals surface area contributed by atoms with Gasteiger partial charge in [-0.15, -0.1) is 0 Å². The van der Waals surface area contributed by atoms with Crippen molar-refractivity contribution in [1.29, 1.82) is 0 Å². The van der Waals surface area contributed by atoms with Crippen molar-refractivity contribution < 1.29 is 4.79 Å². The van der Waals surface area contributed by atoms with E-state index in [-0.39, 0.29) is 5.78 Å². The maximum absolute atomic E-state index is 12.3. The molecule has 0 aliphatic heterocycles. The zero-order valence-electron chi connectivity index (χ0n) is 11.4. The molecule has 0 spiro atoms. The minimum atomic E-state index is -0.0699. The Hall–Kier alpha value is -2.94. The largest absolute Gasteiger partial charge is 0.399 e. The fraction of sp³-hybridized carbons (Fsp3) is 0. The molecule has 0 unspecified atom stereocenters. The van der Waals surface area contributed by atoms with E-state index in [0.29, 0.717) is 11.3 Å². The van der Waals surface area contributed by atoms with E-state index in [1.54, 1.807) is 24.4 Å². The van der Waals surface area contributed by atoms with Gasteiger partial charge in [0.2, 0.25) is 5.78 Å². The number of aromatic nitrogens is 1. The molecule has 0 aliphatic carbocycles. The van der Waals surface area contributed by atoms with E-state index in [9.17, 15) is 4.79 Å². The van der Waals surface area contributed by atoms with Crippen LogP contribution in [0.2, 0.25) is 0 Å². The lowest BCUT2D eigenvalue weighted by Gasteiger charge is -2.04. The quantitative estimate of drug-likeness (QED) is 0.587. The average Bonchev–Trinajstić information content (AvgIpc) is 2.56. The lowest BCUT2D eigenvalue weighted by molar-refractivity contribution is 0.103. The zero-order valence-corrected chi connectivity index (χ0v) is 11.4. The van der Waals surface area contributed by atoms with Crippen LogP contribution in [0.5, 0.6) is 0 Å². The molecule has 3 nitrogen and oxygen atoms in total. The first-order valence-electron chi connectivity index (χ1n) is 6.66. The summed E-state index contributed by atoms with van der Waals surface area (Å²) in [4.78, 5) is 16.5. The Bertz CT molecular complexity index is 747. The van der Waals surface area contributed by atoms with Crippen LogP contribution in [-0.2, 0) is 0 Å². The molecule has 1 aromatic heterocycles. The second-order valence-electron chi connectivity index (χ2n) is 4.75. The van der Waals surface area contributed by atoms with Crippen molar-refractivity contribution in [3.63, 3.8) is 0 Å². The fourth-order valence-electron chi connectivity index (χ4n) is 2.11. The molecule has 0 radical (unpaired) electrons. The summed E-state index contributed by atoms with van der Waals surface area (Å²) in [5, 5.41) is 0. The normalized spacial score (nSPS) is 10.3. The maximum atomic E-state index is 12.3. The van der Waals surface area contributed by atoms with E-state index in [1.807, 2.05) is 48.5 Å². The molecule has 21 heavy (non-hydrogen) atoms. The van der Waals surface area contributed by atoms with E-state index in [1.165, 1.54) is 0 Å². The van der Waals surface area contributed by atoms with E-state index in [2.05, 4.69) is 4.98 Å². The SMILES string of the molecule is Nc1ccc(-c2ccc(C(=O)c3ccccc3)nc2)cc1. The van der Waals surface area contributed by atoms with Gasteiger partial charge in [0.05, 0.1) is 0 Å². The Morgan fingerprint density at radius 1 is 0.810 bits per heavy atom. The number of ketones is 1. The smallest absolute Gasteiger partial charge is 0.211 e. The second-order valence-corrected chi connectivity index (χ2v) is 4.75. The summed E-state index contributed by atoms with van der Waals surface area (Å²) in [5.41, 5.74) is 9.47. The topological polar surface area (TPSA) is 56.0 Å². The molecule has 0 amide bonds. The highest BCUT2D eigenvalue weighted by atomic mass is 16.1. The molecule has 2 aromatic carbocycles. The van der Waals surface area contributed by atoms with Crippen molar-refractivity contribution in [3.8, 4) is 11.1 Å². The van der Waals surface area contributed by atoms with Crippen LogP contribution in [0.1, 0.15) is 16.1 Å². The van der Waals surface area contributed by atoms with Gasteiger partial charge < -0.3 is 5.73 Å². The number of hydrogen-bond donors (Lipinski definition) is 1. The van der Waals surface area contributed by atoms with Gasteiger partial charge in [-0.05, 0) is 23.8 Å². The van der Waals surface area contributed by atoms with E-state index in [0.717, 1.165) is 16.8 Å². The highest BCUT2D eigenvalue weighted by molar-refractivity contribution is 6.07. The van der Waals surface area contributed by atoms with Gasteiger partial charge in [0, 0.05) is 23.0 Å². The third-order valence-corrected chi connectivity index (χ3v) is 3.28. The molecule has 0 atom stereocenters. The summed E-state index contributed by atoms with van der Waals surface area (Å²) < 4.78 is 0. The number of benzene rings is 2. The molecular formula is C18H14N2O. The third-order valence-electron chi connectivity index (χ3n) is 3.28. The maximum Gasteiger partial charge on any atom is 0.211 e. The Balaban J connectivity index is 1.87. The average molecular weight is 274 g/mol. The predicted octanol–water partition coefficient (Wildman–Crippen LogP) is 3.56. The molecule has 0 saturated carbocycles. The van der Waals surface area contributed by atoms with Gasteiger partial charge in [-0.1, -0.05) is 48.5 Å². The molecule has 3 heteroatoms. The Morgan fingerprint density at radius 2 is 1.48 bits per heavy atom. The van der Waals surface area contributed by atoms with E-state index >= 15 is 0 Å². The third kappa shape index (κ3) is 2.82. The lowest BCUT2D eigenvalue weighted by Crippen LogP contribution is -2.03. The molecule has 3 rings (SSSR count). The van der Waals surface area contributed by atoms with Gasteiger partial charge in [0.15, 0.2) is 0 Å². The molecule has 0 aliphatic rings. The molecule has 0 saturated heterocycles. The summed E-state index contributed by atoms with van der Waals surface area (Å²) >= 11 is 0. The number of nitrogens with two attached hydrogens (primary N) is 1. The van der Waals surface area contributed by atoms with E-state index < -0.39 is 0 Å². The Labute approximate surface area is 123 Å². The van der Waals surface area contributed by atoms with Crippen molar-refractivity contribution in [3.05, 3.63) is 84.2 Å². The van der Waals surface area contributed by atoms with Gasteiger partial charge in [-0.25, -0.2) is 0 Å². The van der Waals surface area contributed by atoms with Crippen LogP contribution in [0.15, 0.2) is 72.9 Å². The number of carbonyl (C=O) groups is 1. The first-order valence-corrected chi connectivity index (χ1v) is 6.66. The van der Waals surface area contributed by atoms with Gasteiger partial charge in [0.1, 0.15) is 5.69 Å². The molecule has 0 fully saturated rings. The Morgan fingerprint density at radius 3 is 2.10 bits per heavy atom. The van der Waals surface area contributed by atoms with Crippen molar-refractivity contribution in [2.45, 2.75) is 0 Å². The van der Waals surface area contributed by atoms with Crippen LogP contribution in [0.25, 0.3) is 11.1 Å². The van der Waals surface area contributed by atoms with Gasteiger partial charge in [-0.2, -0.15) is 0 Å². The lowest BCUT2D eigenvalue weighted by atomic mass is 10.0. The van der Waals surface area contributed by atoms with Crippen LogP contribution in [0, 0.1) is 0 Å². The molecule has 0 bridgehead atoms. The fourth-order valence-corrected chi connectivity index (χ4v) is 2.11. The first kappa shape index (κ1) is 13.1. The number of hydrogen-bond acceptors (Lipinski definition) is 3. The highest BCUT2D eigenvalue weighted by Gasteiger charge is 2.09. The first-order chi connectivity index (χ1) is 10.2. The predicted molar refractivity (Wildman–Crippen MR) is 84.0 cm³/mol. The summed E-state index contributed by atoms with van der Waals surface area (Å²) in [6.07, 6.45) is 1.71. The molecule has 1 heterocycles. The zero-order chi connectivity index (χ0) is 14.7. The summed E-state index contributed by atoms with van der Waals surface area (Å²) in [7, 11) is 0. The number of carbonyl (C=O) groups excluding carboxylic acids is 1. The van der Waals surface area contributed by atoms with Crippen molar-refractivity contribution >= 4 is 11.5 Å². The summed E-state index contributed by atoms with van der Waals surface area (Å²) in [6, 6.07) is 20.4. The number of pyridine rings is 1. The minimum Gasteiger partial charge on any atom is -0.399 e. The van der Waals surface area contributed by atoms with Crippen LogP contribution >= 0.6 is 0 Å². The highest BCUT2D eigenvalue weighted by Crippen LogP contribution is 2.20. The van der Waals surface area contributed by atoms with Crippen molar-refractivity contribution in [1.82, 2.24) is 4.98 Å². The number of nitrogen functional groups attached to an aromatic ring is 1. The number of rotatable bonds is 3. The van der Waals surface area contributed by atoms with Gasteiger partial charge in [0.25, 0.3) is 0 Å². The molecule has 3 aromatic rings. The van der Waals surface area contributed by atoms with Gasteiger partial charge >= 0.3 is 0 Å². The summed E-state index contributed by atoms with van der Waals surface area (Å²) in [5.74, 6) is -0.0699. The van der Waals surface area contributed by atoms with Crippen LogP contribution in [-0.4, -0.2) is 10.8 Å². The van der Waals surface area contributed by atoms with Crippen LogP contribution in [0.3, 0.4) is 0 Å². The minimum absolute atomic E-state index is 0.0699. The number of anilines is 1. The standard InChI is InChI=1S/C18H14N2O/c19-16-9-6-13(7-10-16)15-8-11-17(20-12-15)18(21)14-4-2-1-3-5-14/h1-12H,19H2. The second kappa shape index (κ2) is 5.59. The van der Waals surface area contributed by atoms with Gasteiger partial charge in [-0.3, -0.25) is 9.78 Å². The monoisotopic (exact) mass is 274 g/mol. The van der Waals surface area contributed by atoms with Crippen molar-refractivity contribution in [2.24, 2.45) is 0 Å². The number of nitrogens with zero attached hydrogens (tertiary/aromatic N) is 1.